The quantitative estimate of drug-likeness (QED) is 0.500. The maximum atomic E-state index is 13.0. The second kappa shape index (κ2) is 8.03. The molecule has 4 aromatic rings. The van der Waals surface area contributed by atoms with Gasteiger partial charge in [0.1, 0.15) is 23.7 Å². The Morgan fingerprint density at radius 2 is 1.80 bits per heavy atom. The van der Waals surface area contributed by atoms with Crippen LogP contribution in [-0.2, 0) is 16.4 Å². The molecule has 0 aliphatic rings. The Hall–Kier alpha value is -3.59. The van der Waals surface area contributed by atoms with Crippen LogP contribution in [0.25, 0.3) is 10.9 Å². The maximum Gasteiger partial charge on any atom is 0.219 e. The van der Waals surface area contributed by atoms with E-state index in [1.807, 2.05) is 6.07 Å². The van der Waals surface area contributed by atoms with Crippen LogP contribution in [0.15, 0.2) is 72.0 Å². The average molecular weight is 424 g/mol. The topological polar surface area (TPSA) is 94.1 Å². The van der Waals surface area contributed by atoms with E-state index in [0.29, 0.717) is 34.9 Å². The third-order valence-electron chi connectivity index (χ3n) is 4.33. The first kappa shape index (κ1) is 19.7. The van der Waals surface area contributed by atoms with Crippen molar-refractivity contribution >= 4 is 26.6 Å². The summed E-state index contributed by atoms with van der Waals surface area (Å²) in [5.41, 5.74) is 1.51. The molecule has 2 aromatic carbocycles. The van der Waals surface area contributed by atoms with Crippen LogP contribution < -0.4 is 10.1 Å². The van der Waals surface area contributed by atoms with E-state index < -0.39 is 9.84 Å². The molecule has 0 bridgehead atoms. The van der Waals surface area contributed by atoms with E-state index in [-0.39, 0.29) is 10.7 Å². The first-order chi connectivity index (χ1) is 14.4. The van der Waals surface area contributed by atoms with Gasteiger partial charge < -0.3 is 10.1 Å². The Bertz CT molecular complexity index is 1290. The van der Waals surface area contributed by atoms with E-state index in [1.54, 1.807) is 24.4 Å². The highest BCUT2D eigenvalue weighted by Gasteiger charge is 2.11. The van der Waals surface area contributed by atoms with Crippen molar-refractivity contribution in [2.45, 2.75) is 11.4 Å². The summed E-state index contributed by atoms with van der Waals surface area (Å²) in [6.07, 6.45) is 4.23. The molecule has 0 aliphatic heterocycles. The summed E-state index contributed by atoms with van der Waals surface area (Å²) in [5.74, 6) is 1.06. The van der Waals surface area contributed by atoms with Crippen molar-refractivity contribution in [3.63, 3.8) is 0 Å². The molecule has 9 heteroatoms. The Labute approximate surface area is 172 Å². The summed E-state index contributed by atoms with van der Waals surface area (Å²) in [4.78, 5) is 12.9. The number of halogens is 1. The van der Waals surface area contributed by atoms with Crippen molar-refractivity contribution in [3.8, 4) is 11.6 Å². The molecule has 7 nitrogen and oxygen atoms in total. The normalized spacial score (nSPS) is 11.4. The Balaban J connectivity index is 1.49. The Kier molecular flexibility index (Phi) is 5.28. The highest BCUT2D eigenvalue weighted by Crippen LogP contribution is 2.24. The van der Waals surface area contributed by atoms with Gasteiger partial charge in [-0.3, -0.25) is 0 Å². The van der Waals surface area contributed by atoms with E-state index in [0.717, 1.165) is 11.8 Å². The molecule has 2 aromatic heterocycles. The van der Waals surface area contributed by atoms with E-state index >= 15 is 0 Å². The minimum Gasteiger partial charge on any atom is -0.439 e. The van der Waals surface area contributed by atoms with Crippen LogP contribution in [0, 0.1) is 5.82 Å². The minimum atomic E-state index is -3.34. The van der Waals surface area contributed by atoms with Gasteiger partial charge in [0.2, 0.25) is 5.88 Å². The summed E-state index contributed by atoms with van der Waals surface area (Å²) in [5, 5.41) is 3.80. The van der Waals surface area contributed by atoms with Crippen LogP contribution >= 0.6 is 0 Å². The van der Waals surface area contributed by atoms with E-state index in [1.165, 1.54) is 36.7 Å². The highest BCUT2D eigenvalue weighted by atomic mass is 32.2. The number of sulfone groups is 1. The van der Waals surface area contributed by atoms with Crippen molar-refractivity contribution in [1.29, 1.82) is 0 Å². The van der Waals surface area contributed by atoms with Crippen molar-refractivity contribution in [1.82, 2.24) is 15.0 Å². The first-order valence-electron chi connectivity index (χ1n) is 8.95. The smallest absolute Gasteiger partial charge is 0.219 e. The number of ether oxygens (including phenoxy) is 1. The van der Waals surface area contributed by atoms with Gasteiger partial charge in [-0.25, -0.2) is 27.8 Å². The summed E-state index contributed by atoms with van der Waals surface area (Å²) in [6.45, 7) is 0.416. The van der Waals surface area contributed by atoms with Crippen molar-refractivity contribution in [2.24, 2.45) is 0 Å². The third-order valence-corrected chi connectivity index (χ3v) is 5.44. The van der Waals surface area contributed by atoms with Gasteiger partial charge in [-0.2, -0.15) is 0 Å². The number of pyridine rings is 1. The van der Waals surface area contributed by atoms with E-state index in [2.05, 4.69) is 20.3 Å². The summed E-state index contributed by atoms with van der Waals surface area (Å²) >= 11 is 0. The largest absolute Gasteiger partial charge is 0.439 e. The first-order valence-corrected chi connectivity index (χ1v) is 10.8. The number of nitrogens with zero attached hydrogens (tertiary/aromatic N) is 3. The number of fused-ring (bicyclic) bond motifs is 1. The van der Waals surface area contributed by atoms with E-state index in [4.69, 9.17) is 4.74 Å². The van der Waals surface area contributed by atoms with Crippen LogP contribution in [0.4, 0.5) is 10.2 Å². The fourth-order valence-corrected chi connectivity index (χ4v) is 3.44. The molecule has 0 atom stereocenters. The molecule has 0 radical (unpaired) electrons. The summed E-state index contributed by atoms with van der Waals surface area (Å²) in [7, 11) is -3.34. The van der Waals surface area contributed by atoms with Crippen LogP contribution in [0.1, 0.15) is 5.56 Å². The predicted octanol–water partition coefficient (Wildman–Crippen LogP) is 3.97. The molecular weight excluding hydrogens is 407 g/mol. The lowest BCUT2D eigenvalue weighted by Crippen LogP contribution is -2.04. The Morgan fingerprint density at radius 1 is 1.00 bits per heavy atom. The number of benzene rings is 2. The molecule has 0 aliphatic carbocycles. The predicted molar refractivity (Wildman–Crippen MR) is 111 cm³/mol. The van der Waals surface area contributed by atoms with Gasteiger partial charge in [0.25, 0.3) is 0 Å². The maximum absolute atomic E-state index is 13.0. The molecular formula is C21H17FN4O3S. The lowest BCUT2D eigenvalue weighted by atomic mass is 10.2. The summed E-state index contributed by atoms with van der Waals surface area (Å²) in [6, 6.07) is 14.0. The molecule has 0 fully saturated rings. The monoisotopic (exact) mass is 424 g/mol. The zero-order valence-corrected chi connectivity index (χ0v) is 16.7. The second-order valence-electron chi connectivity index (χ2n) is 6.59. The molecule has 0 saturated heterocycles. The minimum absolute atomic E-state index is 0.205. The molecule has 2 heterocycles. The standard InChI is InChI=1S/C21H17FN4O3S/c1-30(27,28)17-7-8-19-18(10-17)21(26-13-25-19)24-12-14-2-9-20(23-11-14)29-16-5-3-15(22)4-6-16/h2-11,13H,12H2,1H3,(H,24,25,26). The fraction of sp³-hybridized carbons (Fsp3) is 0.0952. The molecule has 30 heavy (non-hydrogen) atoms. The van der Waals surface area contributed by atoms with Gasteiger partial charge in [0, 0.05) is 30.4 Å². The fourth-order valence-electron chi connectivity index (χ4n) is 2.79. The number of anilines is 1. The molecule has 0 unspecified atom stereocenters. The lowest BCUT2D eigenvalue weighted by Gasteiger charge is -2.10. The molecule has 0 amide bonds. The number of nitrogens with one attached hydrogen (secondary N) is 1. The number of hydrogen-bond donors (Lipinski definition) is 1. The molecule has 0 saturated carbocycles. The molecule has 152 valence electrons. The molecule has 1 N–H and O–H groups in total. The van der Waals surface area contributed by atoms with Gasteiger partial charge in [-0.05, 0) is 48.0 Å². The third kappa shape index (κ3) is 4.52. The average Bonchev–Trinajstić information content (AvgIpc) is 2.74. The highest BCUT2D eigenvalue weighted by molar-refractivity contribution is 7.90. The number of aromatic nitrogens is 3. The van der Waals surface area contributed by atoms with Crippen LogP contribution in [0.5, 0.6) is 11.6 Å². The van der Waals surface area contributed by atoms with Crippen LogP contribution in [-0.4, -0.2) is 29.6 Å². The van der Waals surface area contributed by atoms with Gasteiger partial charge in [-0.15, -0.1) is 0 Å². The van der Waals surface area contributed by atoms with Crippen LogP contribution in [0.3, 0.4) is 0 Å². The number of hydrogen-bond acceptors (Lipinski definition) is 7. The van der Waals surface area contributed by atoms with Crippen molar-refractivity contribution < 1.29 is 17.5 Å². The van der Waals surface area contributed by atoms with E-state index in [9.17, 15) is 12.8 Å². The zero-order valence-electron chi connectivity index (χ0n) is 15.9. The Morgan fingerprint density at radius 3 is 2.50 bits per heavy atom. The summed E-state index contributed by atoms with van der Waals surface area (Å²) < 4.78 is 42.2. The van der Waals surface area contributed by atoms with Crippen molar-refractivity contribution in [3.05, 3.63) is 78.5 Å². The molecule has 4 rings (SSSR count). The SMILES string of the molecule is CS(=O)(=O)c1ccc2ncnc(NCc3ccc(Oc4ccc(F)cc4)nc3)c2c1. The van der Waals surface area contributed by atoms with Crippen molar-refractivity contribution in [2.75, 3.05) is 11.6 Å². The van der Waals surface area contributed by atoms with Gasteiger partial charge in [-0.1, -0.05) is 6.07 Å². The van der Waals surface area contributed by atoms with Gasteiger partial charge >= 0.3 is 0 Å². The number of rotatable bonds is 6. The van der Waals surface area contributed by atoms with Gasteiger partial charge in [0.15, 0.2) is 9.84 Å². The van der Waals surface area contributed by atoms with Crippen LogP contribution in [0.2, 0.25) is 0 Å². The van der Waals surface area contributed by atoms with Gasteiger partial charge in [0.05, 0.1) is 10.4 Å². The lowest BCUT2D eigenvalue weighted by molar-refractivity contribution is 0.461. The zero-order chi connectivity index (χ0) is 21.1. The molecule has 0 spiro atoms. The second-order valence-corrected chi connectivity index (χ2v) is 8.60.